The molecule has 1 aromatic carbocycles. The molecule has 2 heterocycles. The van der Waals surface area contributed by atoms with Gasteiger partial charge in [-0.15, -0.1) is 0 Å². The maximum atomic E-state index is 13.1. The Kier molecular flexibility index (Phi) is 5.26. The van der Waals surface area contributed by atoms with E-state index < -0.39 is 5.97 Å². The molecule has 0 atom stereocenters. The number of pyridine rings is 1. The van der Waals surface area contributed by atoms with E-state index in [1.54, 1.807) is 48.9 Å². The molecule has 6 heteroatoms. The number of fused-ring (bicyclic) bond motifs is 1. The number of Topliss-reactive ketones (excluding diaryl/α,β-unsaturated/α-hetero) is 1. The normalized spacial score (nSPS) is 10.9. The monoisotopic (exact) mass is 366 g/mol. The summed E-state index contributed by atoms with van der Waals surface area (Å²) in [5.74, 6) is -0.603. The first-order valence-electron chi connectivity index (χ1n) is 8.95. The van der Waals surface area contributed by atoms with Gasteiger partial charge in [-0.2, -0.15) is 0 Å². The van der Waals surface area contributed by atoms with Gasteiger partial charge in [-0.1, -0.05) is 37.3 Å². The molecular weight excluding hydrogens is 344 g/mol. The maximum Gasteiger partial charge on any atom is 0.354 e. The molecule has 0 unspecified atom stereocenters. The van der Waals surface area contributed by atoms with E-state index >= 15 is 0 Å². The van der Waals surface area contributed by atoms with Crippen LogP contribution in [0, 0.1) is 0 Å². The molecule has 0 bridgehead atoms. The van der Waals surface area contributed by atoms with Crippen LogP contribution in [0.25, 0.3) is 10.9 Å². The molecule has 3 rings (SSSR count). The molecule has 0 saturated carbocycles. The van der Waals surface area contributed by atoms with Gasteiger partial charge in [-0.05, 0) is 25.5 Å². The van der Waals surface area contributed by atoms with Gasteiger partial charge in [0, 0.05) is 18.3 Å². The molecule has 0 aliphatic heterocycles. The molecule has 2 aromatic heterocycles. The summed E-state index contributed by atoms with van der Waals surface area (Å²) in [6.45, 7) is 3.89. The molecular formula is C21H22N2O4. The summed E-state index contributed by atoms with van der Waals surface area (Å²) in [7, 11) is 1.73. The summed E-state index contributed by atoms with van der Waals surface area (Å²) in [6, 6.07) is 12.3. The van der Waals surface area contributed by atoms with E-state index in [9.17, 15) is 14.4 Å². The zero-order valence-corrected chi connectivity index (χ0v) is 15.7. The number of carbonyl (C=O) groups excluding carboxylic acids is 2. The van der Waals surface area contributed by atoms with Crippen LogP contribution in [0.5, 0.6) is 0 Å². The summed E-state index contributed by atoms with van der Waals surface area (Å²) < 4.78 is 8.22. The number of hydrogen-bond donors (Lipinski definition) is 0. The van der Waals surface area contributed by atoms with Gasteiger partial charge in [0.05, 0.1) is 24.1 Å². The first-order chi connectivity index (χ1) is 13.0. The highest BCUT2D eigenvalue weighted by Gasteiger charge is 2.20. The number of ketones is 1. The van der Waals surface area contributed by atoms with Crippen LogP contribution in [0.3, 0.4) is 0 Å². The predicted molar refractivity (Wildman–Crippen MR) is 103 cm³/mol. The Morgan fingerprint density at radius 2 is 1.78 bits per heavy atom. The highest BCUT2D eigenvalue weighted by Crippen LogP contribution is 2.19. The van der Waals surface area contributed by atoms with Crippen LogP contribution in [0.4, 0.5) is 0 Å². The Hall–Kier alpha value is -3.15. The van der Waals surface area contributed by atoms with Crippen LogP contribution < -0.4 is 5.56 Å². The van der Waals surface area contributed by atoms with Crippen LogP contribution in [-0.2, 0) is 24.8 Å². The van der Waals surface area contributed by atoms with Gasteiger partial charge in [0.15, 0.2) is 5.78 Å². The second-order valence-corrected chi connectivity index (χ2v) is 6.28. The second kappa shape index (κ2) is 7.61. The summed E-state index contributed by atoms with van der Waals surface area (Å²) in [6.07, 6.45) is 0.590. The van der Waals surface area contributed by atoms with Crippen molar-refractivity contribution in [3.8, 4) is 0 Å². The van der Waals surface area contributed by atoms with Crippen LogP contribution >= 0.6 is 0 Å². The smallest absolute Gasteiger partial charge is 0.354 e. The number of hydrogen-bond acceptors (Lipinski definition) is 4. The molecule has 0 aliphatic rings. The van der Waals surface area contributed by atoms with E-state index in [-0.39, 0.29) is 24.5 Å². The van der Waals surface area contributed by atoms with E-state index in [4.69, 9.17) is 4.74 Å². The number of aryl methyl sites for hydroxylation is 2. The largest absolute Gasteiger partial charge is 0.461 e. The van der Waals surface area contributed by atoms with Crippen molar-refractivity contribution in [1.29, 1.82) is 0 Å². The topological polar surface area (TPSA) is 70.3 Å². The molecule has 6 nitrogen and oxygen atoms in total. The minimum atomic E-state index is -0.472. The van der Waals surface area contributed by atoms with E-state index in [0.717, 1.165) is 5.69 Å². The van der Waals surface area contributed by atoms with Crippen LogP contribution in [0.2, 0.25) is 0 Å². The van der Waals surface area contributed by atoms with Crippen molar-refractivity contribution in [1.82, 2.24) is 9.13 Å². The van der Waals surface area contributed by atoms with E-state index in [1.807, 2.05) is 19.1 Å². The lowest BCUT2D eigenvalue weighted by Gasteiger charge is -2.12. The van der Waals surface area contributed by atoms with Gasteiger partial charge < -0.3 is 13.9 Å². The predicted octanol–water partition coefficient (Wildman–Crippen LogP) is 2.96. The Morgan fingerprint density at radius 3 is 2.41 bits per heavy atom. The van der Waals surface area contributed by atoms with Gasteiger partial charge in [-0.3, -0.25) is 9.59 Å². The van der Waals surface area contributed by atoms with Gasteiger partial charge in [0.1, 0.15) is 5.69 Å². The van der Waals surface area contributed by atoms with E-state index in [0.29, 0.717) is 28.6 Å². The van der Waals surface area contributed by atoms with Crippen molar-refractivity contribution in [3.63, 3.8) is 0 Å². The van der Waals surface area contributed by atoms with Crippen molar-refractivity contribution in [3.05, 3.63) is 69.8 Å². The molecule has 0 amide bonds. The van der Waals surface area contributed by atoms with Gasteiger partial charge in [-0.25, -0.2) is 4.79 Å². The minimum Gasteiger partial charge on any atom is -0.461 e. The third-order valence-electron chi connectivity index (χ3n) is 4.65. The third kappa shape index (κ3) is 3.43. The molecule has 0 aliphatic carbocycles. The Balaban J connectivity index is 2.10. The molecule has 140 valence electrons. The summed E-state index contributed by atoms with van der Waals surface area (Å²) in [5, 5.41) is 0.401. The van der Waals surface area contributed by atoms with Gasteiger partial charge in [0.25, 0.3) is 5.56 Å². The number of aromatic nitrogens is 2. The SMILES string of the molecule is CCOC(=O)c1cc2c(=O)n(CC(=O)c3ccccc3)c(CC)cc2n1C. The molecule has 0 radical (unpaired) electrons. The molecule has 0 N–H and O–H groups in total. The van der Waals surface area contributed by atoms with Gasteiger partial charge >= 0.3 is 5.97 Å². The average Bonchev–Trinajstić information content (AvgIpc) is 3.01. The fourth-order valence-corrected chi connectivity index (χ4v) is 3.20. The van der Waals surface area contributed by atoms with Crippen molar-refractivity contribution in [2.75, 3.05) is 6.61 Å². The number of carbonyl (C=O) groups is 2. The molecule has 0 fully saturated rings. The first kappa shape index (κ1) is 18.6. The highest BCUT2D eigenvalue weighted by molar-refractivity contribution is 5.97. The number of rotatable bonds is 6. The van der Waals surface area contributed by atoms with E-state index in [2.05, 4.69) is 0 Å². The number of esters is 1. The standard InChI is InChI=1S/C21H22N2O4/c1-4-15-11-17-16(12-18(22(17)3)21(26)27-5-2)20(25)23(15)13-19(24)14-9-7-6-8-10-14/h6-12H,4-5,13H2,1-3H3. The Labute approximate surface area is 157 Å². The first-order valence-corrected chi connectivity index (χ1v) is 8.95. The van der Waals surface area contributed by atoms with Crippen molar-refractivity contribution < 1.29 is 14.3 Å². The molecule has 0 spiro atoms. The lowest BCUT2D eigenvalue weighted by Crippen LogP contribution is -2.27. The zero-order chi connectivity index (χ0) is 19.6. The number of benzene rings is 1. The van der Waals surface area contributed by atoms with Crippen LogP contribution in [0.1, 0.15) is 40.4 Å². The summed E-state index contributed by atoms with van der Waals surface area (Å²) in [5.41, 5.74) is 2.00. The van der Waals surface area contributed by atoms with Crippen molar-refractivity contribution in [2.45, 2.75) is 26.8 Å². The Bertz CT molecular complexity index is 1060. The average molecular weight is 366 g/mol. The molecule has 27 heavy (non-hydrogen) atoms. The lowest BCUT2D eigenvalue weighted by atomic mass is 10.1. The summed E-state index contributed by atoms with van der Waals surface area (Å²) >= 11 is 0. The van der Waals surface area contributed by atoms with Crippen molar-refractivity contribution in [2.24, 2.45) is 7.05 Å². The minimum absolute atomic E-state index is 0.0361. The quantitative estimate of drug-likeness (QED) is 0.497. The Morgan fingerprint density at radius 1 is 1.07 bits per heavy atom. The molecule has 3 aromatic rings. The summed E-state index contributed by atoms with van der Waals surface area (Å²) in [4.78, 5) is 37.8. The zero-order valence-electron chi connectivity index (χ0n) is 15.7. The fraction of sp³-hybridized carbons (Fsp3) is 0.286. The second-order valence-electron chi connectivity index (χ2n) is 6.28. The van der Waals surface area contributed by atoms with Crippen LogP contribution in [-0.4, -0.2) is 27.5 Å². The van der Waals surface area contributed by atoms with Crippen LogP contribution in [0.15, 0.2) is 47.3 Å². The number of nitrogens with zero attached hydrogens (tertiary/aromatic N) is 2. The highest BCUT2D eigenvalue weighted by atomic mass is 16.5. The van der Waals surface area contributed by atoms with Crippen molar-refractivity contribution >= 4 is 22.7 Å². The molecule has 0 saturated heterocycles. The fourth-order valence-electron chi connectivity index (χ4n) is 3.20. The van der Waals surface area contributed by atoms with Gasteiger partial charge in [0.2, 0.25) is 0 Å². The van der Waals surface area contributed by atoms with E-state index in [1.165, 1.54) is 4.57 Å². The lowest BCUT2D eigenvalue weighted by molar-refractivity contribution is 0.0515. The third-order valence-corrected chi connectivity index (χ3v) is 4.65. The maximum absolute atomic E-state index is 13.1. The number of ether oxygens (including phenoxy) is 1.